The minimum Gasteiger partial charge on any atom is -0.287 e. The van der Waals surface area contributed by atoms with Crippen LogP contribution in [0, 0.1) is 0 Å². The highest BCUT2D eigenvalue weighted by Gasteiger charge is 2.12. The topological polar surface area (TPSA) is 62.2 Å². The quantitative estimate of drug-likeness (QED) is 0.592. The van der Waals surface area contributed by atoms with Crippen LogP contribution in [-0.4, -0.2) is 15.8 Å². The zero-order chi connectivity index (χ0) is 8.55. The van der Waals surface area contributed by atoms with Crippen LogP contribution in [0.5, 0.6) is 0 Å². The van der Waals surface area contributed by atoms with Crippen molar-refractivity contribution in [2.24, 2.45) is 4.99 Å². The van der Waals surface area contributed by atoms with Gasteiger partial charge in [0, 0.05) is 0 Å². The van der Waals surface area contributed by atoms with Crippen LogP contribution in [-0.2, 0) is 0 Å². The number of nitrogens with zero attached hydrogens (tertiary/aromatic N) is 3. The standard InChI is InChI=1S/C6H6ClN5/c1-3-10-4-5(7)8-2-9-6(4)12-11-3/h2H,1H3,(H,10,11)(H,8,9,12). The van der Waals surface area contributed by atoms with Crippen LogP contribution in [0.15, 0.2) is 11.3 Å². The molecule has 0 unspecified atom stereocenters. The lowest BCUT2D eigenvalue weighted by Gasteiger charge is -2.15. The Morgan fingerprint density at radius 3 is 3.00 bits per heavy atom. The van der Waals surface area contributed by atoms with E-state index >= 15 is 0 Å². The van der Waals surface area contributed by atoms with Crippen molar-refractivity contribution in [2.45, 2.75) is 6.92 Å². The van der Waals surface area contributed by atoms with E-state index in [1.807, 2.05) is 6.92 Å². The molecule has 0 radical (unpaired) electrons. The third kappa shape index (κ3) is 1.08. The number of amidine groups is 1. The van der Waals surface area contributed by atoms with Crippen molar-refractivity contribution >= 4 is 28.9 Å². The first-order chi connectivity index (χ1) is 5.77. The van der Waals surface area contributed by atoms with Gasteiger partial charge in [0.1, 0.15) is 17.9 Å². The Balaban J connectivity index is 2.59. The van der Waals surface area contributed by atoms with Crippen LogP contribution in [0.1, 0.15) is 6.92 Å². The van der Waals surface area contributed by atoms with E-state index < -0.39 is 0 Å². The molecule has 62 valence electrons. The summed E-state index contributed by atoms with van der Waals surface area (Å²) in [6, 6.07) is 0. The second kappa shape index (κ2) is 2.60. The van der Waals surface area contributed by atoms with Crippen molar-refractivity contribution in [1.82, 2.24) is 15.4 Å². The lowest BCUT2D eigenvalue weighted by atomic mass is 10.4. The van der Waals surface area contributed by atoms with Crippen LogP contribution in [0.4, 0.5) is 11.5 Å². The summed E-state index contributed by atoms with van der Waals surface area (Å²) in [4.78, 5) is 11.9. The molecule has 5 nitrogen and oxygen atoms in total. The van der Waals surface area contributed by atoms with Gasteiger partial charge < -0.3 is 0 Å². The van der Waals surface area contributed by atoms with Crippen molar-refractivity contribution in [3.05, 3.63) is 11.5 Å². The highest BCUT2D eigenvalue weighted by molar-refractivity contribution is 6.32. The number of rotatable bonds is 0. The van der Waals surface area contributed by atoms with E-state index in [9.17, 15) is 0 Å². The second-order valence-electron chi connectivity index (χ2n) is 2.31. The molecule has 12 heavy (non-hydrogen) atoms. The summed E-state index contributed by atoms with van der Waals surface area (Å²) in [5.74, 6) is 1.33. The molecule has 0 bridgehead atoms. The van der Waals surface area contributed by atoms with Gasteiger partial charge in [0.15, 0.2) is 11.0 Å². The summed E-state index contributed by atoms with van der Waals surface area (Å²) >= 11 is 5.78. The van der Waals surface area contributed by atoms with Crippen LogP contribution < -0.4 is 10.9 Å². The number of anilines is 1. The molecular weight excluding hydrogens is 178 g/mol. The molecule has 1 aliphatic rings. The maximum atomic E-state index is 5.78. The molecule has 2 N–H and O–H groups in total. The van der Waals surface area contributed by atoms with Gasteiger partial charge >= 0.3 is 0 Å². The first kappa shape index (κ1) is 7.30. The Morgan fingerprint density at radius 2 is 2.17 bits per heavy atom. The summed E-state index contributed by atoms with van der Waals surface area (Å²) in [5.41, 5.74) is 6.23. The summed E-state index contributed by atoms with van der Waals surface area (Å²) in [7, 11) is 0. The van der Waals surface area contributed by atoms with Gasteiger partial charge in [0.05, 0.1) is 0 Å². The summed E-state index contributed by atoms with van der Waals surface area (Å²) in [5, 5.41) is 0.355. The molecule has 0 spiro atoms. The zero-order valence-electron chi connectivity index (χ0n) is 6.30. The lowest BCUT2D eigenvalue weighted by Crippen LogP contribution is -2.30. The van der Waals surface area contributed by atoms with Gasteiger partial charge in [-0.25, -0.2) is 15.0 Å². The van der Waals surface area contributed by atoms with Crippen molar-refractivity contribution in [2.75, 3.05) is 5.43 Å². The van der Waals surface area contributed by atoms with Crippen molar-refractivity contribution in [1.29, 1.82) is 0 Å². The van der Waals surface area contributed by atoms with Crippen LogP contribution in [0.2, 0.25) is 5.15 Å². The van der Waals surface area contributed by atoms with Gasteiger partial charge in [-0.2, -0.15) is 0 Å². The van der Waals surface area contributed by atoms with Gasteiger partial charge in [0.2, 0.25) is 0 Å². The molecule has 6 heteroatoms. The molecule has 0 amide bonds. The van der Waals surface area contributed by atoms with Crippen molar-refractivity contribution in [3.63, 3.8) is 0 Å². The summed E-state index contributed by atoms with van der Waals surface area (Å²) in [6.07, 6.45) is 1.38. The molecule has 0 saturated heterocycles. The number of fused-ring (bicyclic) bond motifs is 1. The molecule has 1 aromatic heterocycles. The van der Waals surface area contributed by atoms with Crippen LogP contribution >= 0.6 is 11.6 Å². The molecule has 0 fully saturated rings. The number of hydrazine groups is 1. The molecule has 2 heterocycles. The van der Waals surface area contributed by atoms with Crippen LogP contribution in [0.3, 0.4) is 0 Å². The first-order valence-electron chi connectivity index (χ1n) is 3.35. The highest BCUT2D eigenvalue weighted by atomic mass is 35.5. The van der Waals surface area contributed by atoms with Crippen molar-refractivity contribution in [3.8, 4) is 0 Å². The fraction of sp³-hybridized carbons (Fsp3) is 0.167. The van der Waals surface area contributed by atoms with Gasteiger partial charge in [-0.05, 0) is 6.92 Å². The van der Waals surface area contributed by atoms with Crippen LogP contribution in [0.25, 0.3) is 0 Å². The molecule has 0 saturated carbocycles. The van der Waals surface area contributed by atoms with E-state index in [2.05, 4.69) is 25.8 Å². The molecule has 0 aromatic carbocycles. The monoisotopic (exact) mass is 183 g/mol. The Morgan fingerprint density at radius 1 is 1.33 bits per heavy atom. The number of nitrogens with one attached hydrogen (secondary N) is 2. The largest absolute Gasteiger partial charge is 0.287 e. The van der Waals surface area contributed by atoms with E-state index in [1.165, 1.54) is 6.33 Å². The number of aliphatic imine (C=N–C) groups is 1. The Hall–Kier alpha value is -1.36. The molecule has 1 aliphatic heterocycles. The van der Waals surface area contributed by atoms with Gasteiger partial charge in [-0.15, -0.1) is 0 Å². The maximum Gasteiger partial charge on any atom is 0.175 e. The van der Waals surface area contributed by atoms with E-state index in [4.69, 9.17) is 11.6 Å². The maximum absolute atomic E-state index is 5.78. The lowest BCUT2D eigenvalue weighted by molar-refractivity contribution is 1.02. The molecule has 2 rings (SSSR count). The molecule has 0 aliphatic carbocycles. The third-order valence-electron chi connectivity index (χ3n) is 1.42. The highest BCUT2D eigenvalue weighted by Crippen LogP contribution is 2.30. The molecule has 0 atom stereocenters. The van der Waals surface area contributed by atoms with Crippen molar-refractivity contribution < 1.29 is 0 Å². The minimum absolute atomic E-state index is 0.355. The fourth-order valence-corrected chi connectivity index (χ4v) is 1.07. The number of aromatic nitrogens is 2. The first-order valence-corrected chi connectivity index (χ1v) is 3.73. The molecule has 1 aromatic rings. The summed E-state index contributed by atoms with van der Waals surface area (Å²) in [6.45, 7) is 1.82. The number of hydrogen-bond acceptors (Lipinski definition) is 5. The predicted octanol–water partition coefficient (Wildman–Crippen LogP) is 1.11. The van der Waals surface area contributed by atoms with E-state index in [-0.39, 0.29) is 0 Å². The Labute approximate surface area is 73.9 Å². The smallest absolute Gasteiger partial charge is 0.175 e. The van der Waals surface area contributed by atoms with Gasteiger partial charge in [-0.1, -0.05) is 11.6 Å². The minimum atomic E-state index is 0.355. The van der Waals surface area contributed by atoms with Gasteiger partial charge in [-0.3, -0.25) is 10.9 Å². The number of hydrogen-bond donors (Lipinski definition) is 2. The Bertz CT molecular complexity index is 348. The van der Waals surface area contributed by atoms with E-state index in [1.54, 1.807) is 0 Å². The zero-order valence-corrected chi connectivity index (χ0v) is 7.05. The second-order valence-corrected chi connectivity index (χ2v) is 2.67. The van der Waals surface area contributed by atoms with E-state index in [0.29, 0.717) is 16.7 Å². The summed E-state index contributed by atoms with van der Waals surface area (Å²) < 4.78 is 0. The SMILES string of the molecule is CC1=Nc2c(Cl)ncnc2NN1. The number of halogens is 1. The molecular formula is C6H6ClN5. The van der Waals surface area contributed by atoms with Gasteiger partial charge in [0.25, 0.3) is 0 Å². The predicted molar refractivity (Wildman–Crippen MR) is 46.6 cm³/mol. The third-order valence-corrected chi connectivity index (χ3v) is 1.70. The van der Waals surface area contributed by atoms with E-state index in [0.717, 1.165) is 5.84 Å². The Kier molecular flexibility index (Phi) is 1.58. The average Bonchev–Trinajstić information content (AvgIpc) is 2.07. The average molecular weight is 184 g/mol. The normalized spacial score (nSPS) is 14.0. The fourth-order valence-electron chi connectivity index (χ4n) is 0.893.